The molecule has 1 aromatic rings. The largest absolute Gasteiger partial charge is 0.374 e. The van der Waals surface area contributed by atoms with Gasteiger partial charge in [0.2, 0.25) is 0 Å². The number of nitrogens with one attached hydrogen (secondary N) is 1. The van der Waals surface area contributed by atoms with Gasteiger partial charge in [-0.05, 0) is 31.6 Å². The van der Waals surface area contributed by atoms with Crippen molar-refractivity contribution in [2.75, 3.05) is 24.7 Å². The minimum absolute atomic E-state index is 0.112. The highest BCUT2D eigenvalue weighted by Gasteiger charge is 2.41. The molecule has 2 saturated heterocycles. The van der Waals surface area contributed by atoms with Crippen molar-refractivity contribution in [1.82, 2.24) is 20.1 Å². The number of aromatic nitrogens is 3. The Balaban J connectivity index is 1.66. The Morgan fingerprint density at radius 3 is 3.37 bits per heavy atom. The number of hydrogen-bond acceptors (Lipinski definition) is 5. The molecule has 0 saturated carbocycles. The minimum atomic E-state index is 0.112. The van der Waals surface area contributed by atoms with Crippen molar-refractivity contribution in [2.45, 2.75) is 44.4 Å². The van der Waals surface area contributed by atoms with E-state index in [1.165, 1.54) is 12.2 Å². The van der Waals surface area contributed by atoms with E-state index in [1.54, 1.807) is 0 Å². The standard InChI is InChI=1S/C13H22N4OS/c1-2-14-8-12-15-10-17(16-12)11-3-5-18-13(7-11)4-6-19-9-13/h10-11,14H,2-9H2,1H3. The lowest BCUT2D eigenvalue weighted by atomic mass is 9.90. The molecule has 2 aliphatic rings. The molecule has 0 radical (unpaired) electrons. The number of hydrogen-bond donors (Lipinski definition) is 1. The second-order valence-corrected chi connectivity index (χ2v) is 6.51. The molecule has 2 atom stereocenters. The Hall–Kier alpha value is -0.590. The van der Waals surface area contributed by atoms with Crippen LogP contribution in [0, 0.1) is 0 Å². The molecule has 106 valence electrons. The zero-order valence-corrected chi connectivity index (χ0v) is 12.3. The van der Waals surface area contributed by atoms with Crippen molar-refractivity contribution >= 4 is 11.8 Å². The molecule has 0 amide bonds. The van der Waals surface area contributed by atoms with Crippen molar-refractivity contribution in [3.8, 4) is 0 Å². The maximum atomic E-state index is 6.06. The topological polar surface area (TPSA) is 52.0 Å². The van der Waals surface area contributed by atoms with Gasteiger partial charge >= 0.3 is 0 Å². The summed E-state index contributed by atoms with van der Waals surface area (Å²) in [7, 11) is 0. The molecule has 6 heteroatoms. The van der Waals surface area contributed by atoms with Gasteiger partial charge in [-0.2, -0.15) is 16.9 Å². The Morgan fingerprint density at radius 1 is 1.63 bits per heavy atom. The molecule has 2 fully saturated rings. The van der Waals surface area contributed by atoms with Gasteiger partial charge in [0.25, 0.3) is 0 Å². The van der Waals surface area contributed by atoms with Crippen LogP contribution in [0.3, 0.4) is 0 Å². The van der Waals surface area contributed by atoms with E-state index >= 15 is 0 Å². The van der Waals surface area contributed by atoms with Crippen LogP contribution in [0.1, 0.15) is 38.1 Å². The van der Waals surface area contributed by atoms with E-state index < -0.39 is 0 Å². The number of rotatable bonds is 4. The SMILES string of the molecule is CCNCc1ncn(C2CCOC3(CCSC3)C2)n1. The lowest BCUT2D eigenvalue weighted by Crippen LogP contribution is -2.40. The Labute approximate surface area is 118 Å². The third kappa shape index (κ3) is 2.95. The molecule has 0 bridgehead atoms. The molecule has 2 aliphatic heterocycles. The van der Waals surface area contributed by atoms with Gasteiger partial charge in [-0.25, -0.2) is 9.67 Å². The van der Waals surface area contributed by atoms with E-state index in [4.69, 9.17) is 4.74 Å². The fourth-order valence-corrected chi connectivity index (χ4v) is 4.27. The van der Waals surface area contributed by atoms with Crippen LogP contribution in [0.4, 0.5) is 0 Å². The summed E-state index contributed by atoms with van der Waals surface area (Å²) in [5.74, 6) is 3.27. The first kappa shape index (κ1) is 13.4. The predicted octanol–water partition coefficient (Wildman–Crippen LogP) is 1.61. The normalized spacial score (nSPS) is 31.1. The first-order chi connectivity index (χ1) is 9.31. The lowest BCUT2D eigenvalue weighted by molar-refractivity contribution is -0.0779. The van der Waals surface area contributed by atoms with E-state index in [0.29, 0.717) is 6.04 Å². The van der Waals surface area contributed by atoms with Gasteiger partial charge in [-0.15, -0.1) is 0 Å². The van der Waals surface area contributed by atoms with Gasteiger partial charge in [-0.3, -0.25) is 0 Å². The quantitative estimate of drug-likeness (QED) is 0.909. The van der Waals surface area contributed by atoms with Crippen LogP contribution in [0.15, 0.2) is 6.33 Å². The fourth-order valence-electron chi connectivity index (χ4n) is 2.90. The second-order valence-electron chi connectivity index (χ2n) is 5.40. The highest BCUT2D eigenvalue weighted by atomic mass is 32.2. The van der Waals surface area contributed by atoms with Crippen molar-refractivity contribution < 1.29 is 4.74 Å². The third-order valence-electron chi connectivity index (χ3n) is 4.00. The van der Waals surface area contributed by atoms with E-state index in [-0.39, 0.29) is 5.60 Å². The molecule has 1 aromatic heterocycles. The Kier molecular flexibility index (Phi) is 4.10. The number of nitrogens with zero attached hydrogens (tertiary/aromatic N) is 3. The van der Waals surface area contributed by atoms with E-state index in [1.807, 2.05) is 18.1 Å². The third-order valence-corrected chi connectivity index (χ3v) is 5.22. The summed E-state index contributed by atoms with van der Waals surface area (Å²) in [6, 6.07) is 0.454. The van der Waals surface area contributed by atoms with E-state index in [0.717, 1.165) is 44.1 Å². The first-order valence-electron chi connectivity index (χ1n) is 7.14. The fraction of sp³-hybridized carbons (Fsp3) is 0.846. The average Bonchev–Trinajstić information content (AvgIpc) is 3.06. The van der Waals surface area contributed by atoms with Gasteiger partial charge in [0.05, 0.1) is 18.2 Å². The smallest absolute Gasteiger partial charge is 0.164 e. The van der Waals surface area contributed by atoms with Gasteiger partial charge in [-0.1, -0.05) is 6.92 Å². The molecule has 0 aromatic carbocycles. The molecule has 3 heterocycles. The lowest BCUT2D eigenvalue weighted by Gasteiger charge is -2.37. The van der Waals surface area contributed by atoms with Crippen molar-refractivity contribution in [3.63, 3.8) is 0 Å². The Morgan fingerprint density at radius 2 is 2.58 bits per heavy atom. The van der Waals surface area contributed by atoms with Crippen LogP contribution in [0.25, 0.3) is 0 Å². The number of ether oxygens (including phenoxy) is 1. The molecule has 1 spiro atoms. The second kappa shape index (κ2) is 5.81. The molecule has 0 aliphatic carbocycles. The predicted molar refractivity (Wildman–Crippen MR) is 76.3 cm³/mol. The highest BCUT2D eigenvalue weighted by molar-refractivity contribution is 7.99. The first-order valence-corrected chi connectivity index (χ1v) is 8.29. The zero-order valence-electron chi connectivity index (χ0n) is 11.5. The summed E-state index contributed by atoms with van der Waals surface area (Å²) in [6.07, 6.45) is 5.21. The molecule has 2 unspecified atom stereocenters. The summed E-state index contributed by atoms with van der Waals surface area (Å²) < 4.78 is 8.11. The van der Waals surface area contributed by atoms with Crippen LogP contribution < -0.4 is 5.32 Å². The maximum absolute atomic E-state index is 6.06. The monoisotopic (exact) mass is 282 g/mol. The molecule has 1 N–H and O–H groups in total. The molecule has 5 nitrogen and oxygen atoms in total. The van der Waals surface area contributed by atoms with Crippen LogP contribution in [0.2, 0.25) is 0 Å². The van der Waals surface area contributed by atoms with Crippen molar-refractivity contribution in [2.24, 2.45) is 0 Å². The van der Waals surface area contributed by atoms with Crippen molar-refractivity contribution in [3.05, 3.63) is 12.2 Å². The highest BCUT2D eigenvalue weighted by Crippen LogP contribution is 2.41. The summed E-state index contributed by atoms with van der Waals surface area (Å²) in [5.41, 5.74) is 0.112. The van der Waals surface area contributed by atoms with E-state index in [2.05, 4.69) is 27.0 Å². The summed E-state index contributed by atoms with van der Waals surface area (Å²) in [6.45, 7) is 4.66. The van der Waals surface area contributed by atoms with Crippen LogP contribution >= 0.6 is 11.8 Å². The van der Waals surface area contributed by atoms with Gasteiger partial charge < -0.3 is 10.1 Å². The van der Waals surface area contributed by atoms with Crippen molar-refractivity contribution in [1.29, 1.82) is 0 Å². The van der Waals surface area contributed by atoms with Gasteiger partial charge in [0.15, 0.2) is 5.82 Å². The summed E-state index contributed by atoms with van der Waals surface area (Å²) in [5, 5.41) is 7.87. The molecular formula is C13H22N4OS. The van der Waals surface area contributed by atoms with Gasteiger partial charge in [0, 0.05) is 12.4 Å². The Bertz CT molecular complexity index is 417. The zero-order chi connectivity index (χ0) is 13.1. The minimum Gasteiger partial charge on any atom is -0.374 e. The molecule has 19 heavy (non-hydrogen) atoms. The van der Waals surface area contributed by atoms with Crippen LogP contribution in [0.5, 0.6) is 0 Å². The van der Waals surface area contributed by atoms with Crippen LogP contribution in [-0.4, -0.2) is 45.0 Å². The van der Waals surface area contributed by atoms with Gasteiger partial charge in [0.1, 0.15) is 6.33 Å². The average molecular weight is 282 g/mol. The summed E-state index contributed by atoms with van der Waals surface area (Å²) >= 11 is 2.01. The number of thioether (sulfide) groups is 1. The maximum Gasteiger partial charge on any atom is 0.164 e. The molecular weight excluding hydrogens is 260 g/mol. The summed E-state index contributed by atoms with van der Waals surface area (Å²) in [4.78, 5) is 4.39. The molecule has 3 rings (SSSR count). The van der Waals surface area contributed by atoms with E-state index in [9.17, 15) is 0 Å². The van der Waals surface area contributed by atoms with Crippen LogP contribution in [-0.2, 0) is 11.3 Å².